The molecule has 2 heterocycles. The van der Waals surface area contributed by atoms with Gasteiger partial charge in [0, 0.05) is 0 Å². The second-order valence-corrected chi connectivity index (χ2v) is 29.3. The van der Waals surface area contributed by atoms with E-state index in [1.165, 1.54) is 21.1 Å². The van der Waals surface area contributed by atoms with Crippen molar-refractivity contribution in [2.24, 2.45) is 0 Å². The summed E-state index contributed by atoms with van der Waals surface area (Å²) in [6, 6.07) is 10.8. The quantitative estimate of drug-likeness (QED) is 0.145. The maximum atomic E-state index is 14.0. The molecular formula is C32H56N2O7SSeSi2. The first-order chi connectivity index (χ1) is 20.9. The van der Waals surface area contributed by atoms with Crippen LogP contribution in [0, 0.1) is 0 Å². The number of benzene rings is 1. The Bertz CT molecular complexity index is 1120. The fourth-order valence-corrected chi connectivity index (χ4v) is 13.3. The van der Waals surface area contributed by atoms with Crippen LogP contribution in [-0.2, 0) is 28.2 Å². The third-order valence-corrected chi connectivity index (χ3v) is 19.8. The molecule has 45 heavy (non-hydrogen) atoms. The van der Waals surface area contributed by atoms with Gasteiger partial charge in [-0.3, -0.25) is 0 Å². The first-order valence-electron chi connectivity index (χ1n) is 15.9. The van der Waals surface area contributed by atoms with Crippen LogP contribution in [0.4, 0.5) is 0 Å². The number of thioether (sulfide) groups is 1. The summed E-state index contributed by atoms with van der Waals surface area (Å²) in [5, 5.41) is 11.9. The van der Waals surface area contributed by atoms with Gasteiger partial charge in [0.25, 0.3) is 0 Å². The Hall–Kier alpha value is -0.737. The number of ether oxygens (including phenoxy) is 3. The summed E-state index contributed by atoms with van der Waals surface area (Å²) < 4.78 is 25.6. The van der Waals surface area contributed by atoms with Gasteiger partial charge in [-0.1, -0.05) is 0 Å². The Labute approximate surface area is 283 Å². The molecule has 0 aromatic heterocycles. The zero-order chi connectivity index (χ0) is 33.6. The second-order valence-electron chi connectivity index (χ2n) is 14.8. The summed E-state index contributed by atoms with van der Waals surface area (Å²) in [6.07, 6.45) is -1.30. The molecule has 0 saturated carbocycles. The molecule has 0 bridgehead atoms. The molecule has 1 N–H and O–H groups in total. The van der Waals surface area contributed by atoms with E-state index < -0.39 is 39.5 Å². The number of hydrogen-bond donors (Lipinski definition) is 1. The van der Waals surface area contributed by atoms with Crippen molar-refractivity contribution in [2.75, 3.05) is 53.1 Å². The molecule has 5 atom stereocenters. The van der Waals surface area contributed by atoms with Crippen molar-refractivity contribution in [3.63, 3.8) is 0 Å². The van der Waals surface area contributed by atoms with Crippen LogP contribution in [0.25, 0.3) is 0 Å². The summed E-state index contributed by atoms with van der Waals surface area (Å²) in [5.74, 6) is 0.320. The van der Waals surface area contributed by atoms with Gasteiger partial charge in [-0.2, -0.15) is 0 Å². The SMILES string of the molecule is COCCOCO[C@@H](C(CO[Si](C)(C)C(C)(C)C)[Se]c1ccccc1)[C@@H]1C[C@H](O)[C@@]2(SCC[Si](C)(C)C)C(=O)N(C)CC(=O)N12. The fraction of sp³-hybridized carbons (Fsp3) is 0.750. The molecule has 1 unspecified atom stereocenters. The number of likely N-dealkylation sites (N-methyl/N-ethyl adjacent to an activating group) is 1. The summed E-state index contributed by atoms with van der Waals surface area (Å²) in [7, 11) is -0.287. The molecule has 2 amide bonds. The van der Waals surface area contributed by atoms with Crippen LogP contribution in [0.3, 0.4) is 0 Å². The van der Waals surface area contributed by atoms with E-state index in [0.717, 1.165) is 6.04 Å². The molecule has 3 rings (SSSR count). The van der Waals surface area contributed by atoms with Crippen molar-refractivity contribution in [3.8, 4) is 0 Å². The van der Waals surface area contributed by atoms with Crippen LogP contribution in [0.15, 0.2) is 30.3 Å². The van der Waals surface area contributed by atoms with Crippen LogP contribution in [0.2, 0.25) is 48.6 Å². The number of aliphatic hydroxyl groups is 1. The van der Waals surface area contributed by atoms with Gasteiger partial charge in [-0.15, -0.1) is 0 Å². The third kappa shape index (κ3) is 9.67. The molecule has 2 fully saturated rings. The van der Waals surface area contributed by atoms with E-state index in [2.05, 4.69) is 65.6 Å². The van der Waals surface area contributed by atoms with E-state index in [4.69, 9.17) is 18.6 Å². The number of hydrogen-bond acceptors (Lipinski definition) is 8. The van der Waals surface area contributed by atoms with Crippen LogP contribution in [-0.4, -0.2) is 134 Å². The van der Waals surface area contributed by atoms with Crippen LogP contribution < -0.4 is 4.46 Å². The third-order valence-electron chi connectivity index (χ3n) is 9.04. The van der Waals surface area contributed by atoms with E-state index in [0.29, 0.717) is 25.6 Å². The molecule has 1 aromatic rings. The van der Waals surface area contributed by atoms with Crippen molar-refractivity contribution in [2.45, 2.75) is 98.9 Å². The van der Waals surface area contributed by atoms with Gasteiger partial charge in [0.1, 0.15) is 0 Å². The Morgan fingerprint density at radius 3 is 2.38 bits per heavy atom. The fourth-order valence-electron chi connectivity index (χ4n) is 5.33. The summed E-state index contributed by atoms with van der Waals surface area (Å²) >= 11 is 1.34. The van der Waals surface area contributed by atoms with Gasteiger partial charge < -0.3 is 0 Å². The van der Waals surface area contributed by atoms with Crippen LogP contribution >= 0.6 is 11.8 Å². The van der Waals surface area contributed by atoms with Gasteiger partial charge in [-0.05, 0) is 0 Å². The molecule has 9 nitrogen and oxygen atoms in total. The van der Waals surface area contributed by atoms with Crippen LogP contribution in [0.1, 0.15) is 27.2 Å². The van der Waals surface area contributed by atoms with Crippen LogP contribution in [0.5, 0.6) is 0 Å². The Morgan fingerprint density at radius 2 is 1.78 bits per heavy atom. The number of rotatable bonds is 17. The van der Waals surface area contributed by atoms with Gasteiger partial charge in [0.15, 0.2) is 0 Å². The normalized spacial score (nSPS) is 24.2. The summed E-state index contributed by atoms with van der Waals surface area (Å²) in [4.78, 5) is 29.7. The number of nitrogens with zero attached hydrogens (tertiary/aromatic N) is 2. The molecule has 0 aliphatic carbocycles. The Balaban J connectivity index is 2.05. The number of amides is 2. The molecule has 1 aromatic carbocycles. The first-order valence-corrected chi connectivity index (χ1v) is 25.3. The molecule has 0 spiro atoms. The van der Waals surface area contributed by atoms with Crippen molar-refractivity contribution in [3.05, 3.63) is 30.3 Å². The predicted octanol–water partition coefficient (Wildman–Crippen LogP) is 4.03. The zero-order valence-corrected chi connectivity index (χ0v) is 33.5. The first kappa shape index (κ1) is 38.7. The molecule has 13 heteroatoms. The number of methoxy groups -OCH3 is 1. The van der Waals surface area contributed by atoms with E-state index >= 15 is 0 Å². The molecule has 2 saturated heterocycles. The van der Waals surface area contributed by atoms with Gasteiger partial charge in [0.2, 0.25) is 0 Å². The topological polar surface area (TPSA) is 97.8 Å². The molecular weight excluding hydrogens is 692 g/mol. The minimum absolute atomic E-state index is 0.00767. The second kappa shape index (κ2) is 16.1. The van der Waals surface area contributed by atoms with Crippen molar-refractivity contribution >= 4 is 59.4 Å². The van der Waals surface area contributed by atoms with Gasteiger partial charge >= 0.3 is 285 Å². The molecule has 0 radical (unpaired) electrons. The zero-order valence-electron chi connectivity index (χ0n) is 29.0. The van der Waals surface area contributed by atoms with Gasteiger partial charge in [-0.25, -0.2) is 0 Å². The van der Waals surface area contributed by atoms with Crippen molar-refractivity contribution in [1.82, 2.24) is 9.80 Å². The number of aliphatic hydroxyl groups excluding tert-OH is 1. The number of fused-ring (bicyclic) bond motifs is 1. The van der Waals surface area contributed by atoms with E-state index in [1.54, 1.807) is 19.1 Å². The maximum absolute atomic E-state index is 14.0. The van der Waals surface area contributed by atoms with Crippen molar-refractivity contribution < 1.29 is 33.3 Å². The summed E-state index contributed by atoms with van der Waals surface area (Å²) in [5.41, 5.74) is 0. The van der Waals surface area contributed by atoms with E-state index in [-0.39, 0.29) is 56.4 Å². The number of carbonyl (C=O) groups is 2. The number of carbonyl (C=O) groups excluding carboxylic acids is 2. The van der Waals surface area contributed by atoms with Gasteiger partial charge in [0.05, 0.1) is 0 Å². The Morgan fingerprint density at radius 1 is 1.11 bits per heavy atom. The standard InChI is InChI=1S/C32H56N2O7SSeSi2/c1-31(2,3)45(9,10)41-22-26(43-24-14-12-11-13-15-24)29(40-23-39-17-16-38-5)25-20-27(35)32(42-18-19-44(6,7)8)30(37)33(4)21-28(36)34(25)32/h11-15,25-27,29,35H,16-23H2,1-10H3/t25-,26?,27-,29+,32+/m0/s1. The molecule has 256 valence electrons. The predicted molar refractivity (Wildman–Crippen MR) is 189 cm³/mol. The Kier molecular flexibility index (Phi) is 13.9. The molecule has 2 aliphatic rings. The summed E-state index contributed by atoms with van der Waals surface area (Å²) in [6.45, 7) is 19.3. The minimum atomic E-state index is -2.14. The van der Waals surface area contributed by atoms with E-state index in [9.17, 15) is 14.7 Å². The average molecular weight is 748 g/mol. The molecule has 2 aliphatic heterocycles. The van der Waals surface area contributed by atoms with Crippen molar-refractivity contribution in [1.29, 1.82) is 0 Å². The van der Waals surface area contributed by atoms with E-state index in [1.807, 2.05) is 18.2 Å². The average Bonchev–Trinajstić information content (AvgIpc) is 3.24. The monoisotopic (exact) mass is 748 g/mol. The number of piperazine rings is 1.